The molecule has 1 N–H and O–H groups in total. The zero-order valence-corrected chi connectivity index (χ0v) is 18.8. The molecule has 31 heavy (non-hydrogen) atoms. The van der Waals surface area contributed by atoms with Crippen LogP contribution < -0.4 is 5.32 Å². The van der Waals surface area contributed by atoms with Gasteiger partial charge >= 0.3 is 0 Å². The van der Waals surface area contributed by atoms with Crippen LogP contribution >= 0.6 is 0 Å². The van der Waals surface area contributed by atoms with Gasteiger partial charge < -0.3 is 5.32 Å². The highest BCUT2D eigenvalue weighted by atomic mass is 32.2. The van der Waals surface area contributed by atoms with Gasteiger partial charge in [0.2, 0.25) is 10.0 Å². The number of rotatable bonds is 4. The maximum Gasteiger partial charge on any atom is 0.255 e. The van der Waals surface area contributed by atoms with Crippen LogP contribution in [-0.2, 0) is 10.0 Å². The summed E-state index contributed by atoms with van der Waals surface area (Å²) in [6.45, 7) is 6.62. The predicted octanol–water partition coefficient (Wildman–Crippen LogP) is 3.98. The van der Waals surface area contributed by atoms with Crippen LogP contribution in [0, 0.1) is 20.8 Å². The molecule has 2 heterocycles. The van der Waals surface area contributed by atoms with Gasteiger partial charge in [0.15, 0.2) is 0 Å². The molecule has 0 bridgehead atoms. The van der Waals surface area contributed by atoms with Crippen LogP contribution in [0.1, 0.15) is 46.6 Å². The largest absolute Gasteiger partial charge is 0.322 e. The van der Waals surface area contributed by atoms with Crippen molar-refractivity contribution in [1.29, 1.82) is 0 Å². The molecule has 4 rings (SSSR count). The van der Waals surface area contributed by atoms with Crippen LogP contribution in [-0.4, -0.2) is 41.7 Å². The van der Waals surface area contributed by atoms with E-state index in [9.17, 15) is 13.2 Å². The second-order valence-corrected chi connectivity index (χ2v) is 9.90. The molecule has 1 saturated heterocycles. The number of fused-ring (bicyclic) bond motifs is 1. The van der Waals surface area contributed by atoms with Gasteiger partial charge in [-0.2, -0.15) is 4.31 Å². The average Bonchev–Trinajstić information content (AvgIpc) is 2.76. The number of hydrogen-bond acceptors (Lipinski definition) is 5. The molecule has 3 aromatic rings. The van der Waals surface area contributed by atoms with Crippen LogP contribution in [0.5, 0.6) is 0 Å². The van der Waals surface area contributed by atoms with E-state index in [1.165, 1.54) is 4.31 Å². The van der Waals surface area contributed by atoms with Crippen molar-refractivity contribution in [2.75, 3.05) is 18.4 Å². The Morgan fingerprint density at radius 2 is 1.58 bits per heavy atom. The van der Waals surface area contributed by atoms with Gasteiger partial charge in [-0.15, -0.1) is 0 Å². The summed E-state index contributed by atoms with van der Waals surface area (Å²) in [4.78, 5) is 22.1. The van der Waals surface area contributed by atoms with Crippen molar-refractivity contribution in [2.24, 2.45) is 0 Å². The van der Waals surface area contributed by atoms with Crippen molar-refractivity contribution >= 4 is 32.7 Å². The minimum atomic E-state index is -3.59. The summed E-state index contributed by atoms with van der Waals surface area (Å²) in [5, 5.41) is 2.82. The van der Waals surface area contributed by atoms with Gasteiger partial charge in [-0.3, -0.25) is 4.79 Å². The van der Waals surface area contributed by atoms with Gasteiger partial charge in [-0.05, 0) is 69.5 Å². The fraction of sp³-hybridized carbons (Fsp3) is 0.348. The van der Waals surface area contributed by atoms with Crippen molar-refractivity contribution in [3.8, 4) is 0 Å². The first kappa shape index (κ1) is 21.4. The Morgan fingerprint density at radius 3 is 2.29 bits per heavy atom. The quantitative estimate of drug-likeness (QED) is 0.665. The highest BCUT2D eigenvalue weighted by molar-refractivity contribution is 7.89. The minimum absolute atomic E-state index is 0.239. The third-order valence-corrected chi connectivity index (χ3v) is 7.76. The molecule has 0 atom stereocenters. The SMILES string of the molecule is Cc1ccc(NC(=O)c2ccc3nc(C)c(C)nc3c2)cc1S(=O)(=O)N1CCCCC1. The van der Waals surface area contributed by atoms with Crippen LogP contribution in [0.4, 0.5) is 5.69 Å². The Morgan fingerprint density at radius 1 is 0.903 bits per heavy atom. The van der Waals surface area contributed by atoms with E-state index < -0.39 is 10.0 Å². The summed E-state index contributed by atoms with van der Waals surface area (Å²) in [5.74, 6) is -0.327. The Balaban J connectivity index is 1.61. The van der Waals surface area contributed by atoms with Crippen LogP contribution in [0.2, 0.25) is 0 Å². The van der Waals surface area contributed by atoms with Gasteiger partial charge in [-0.25, -0.2) is 18.4 Å². The first-order valence-corrected chi connectivity index (χ1v) is 11.9. The lowest BCUT2D eigenvalue weighted by Crippen LogP contribution is -2.36. The van der Waals surface area contributed by atoms with Gasteiger partial charge in [0.25, 0.3) is 5.91 Å². The molecule has 162 valence electrons. The third kappa shape index (κ3) is 4.31. The third-order valence-electron chi connectivity index (χ3n) is 5.72. The number of nitrogens with one attached hydrogen (secondary N) is 1. The number of amides is 1. The Bertz CT molecular complexity index is 1270. The van der Waals surface area contributed by atoms with E-state index in [2.05, 4.69) is 15.3 Å². The predicted molar refractivity (Wildman–Crippen MR) is 121 cm³/mol. The number of carbonyl (C=O) groups excluding carboxylic acids is 1. The lowest BCUT2D eigenvalue weighted by atomic mass is 10.1. The zero-order valence-electron chi connectivity index (χ0n) is 18.0. The van der Waals surface area contributed by atoms with E-state index in [0.29, 0.717) is 35.4 Å². The molecule has 1 fully saturated rings. The second kappa shape index (κ2) is 8.36. The fourth-order valence-corrected chi connectivity index (χ4v) is 5.54. The molecule has 2 aromatic carbocycles. The monoisotopic (exact) mass is 438 g/mol. The van der Waals surface area contributed by atoms with Crippen molar-refractivity contribution < 1.29 is 13.2 Å². The lowest BCUT2D eigenvalue weighted by Gasteiger charge is -2.26. The smallest absolute Gasteiger partial charge is 0.255 e. The molecular formula is C23H26N4O3S. The average molecular weight is 439 g/mol. The fourth-order valence-electron chi connectivity index (χ4n) is 3.78. The molecular weight excluding hydrogens is 412 g/mol. The molecule has 1 amide bonds. The van der Waals surface area contributed by atoms with Crippen molar-refractivity contribution in [3.63, 3.8) is 0 Å². The second-order valence-electron chi connectivity index (χ2n) is 8.00. The topological polar surface area (TPSA) is 92.3 Å². The minimum Gasteiger partial charge on any atom is -0.322 e. The normalized spacial score (nSPS) is 15.2. The van der Waals surface area contributed by atoms with Crippen molar-refractivity contribution in [1.82, 2.24) is 14.3 Å². The number of piperidine rings is 1. The van der Waals surface area contributed by atoms with E-state index in [-0.39, 0.29) is 10.8 Å². The molecule has 1 aromatic heterocycles. The lowest BCUT2D eigenvalue weighted by molar-refractivity contribution is 0.102. The van der Waals surface area contributed by atoms with Crippen LogP contribution in [0.3, 0.4) is 0 Å². The molecule has 0 saturated carbocycles. The van der Waals surface area contributed by atoms with Gasteiger partial charge in [0, 0.05) is 24.3 Å². The molecule has 1 aliphatic heterocycles. The summed E-state index contributed by atoms with van der Waals surface area (Å²) >= 11 is 0. The number of benzene rings is 2. The van der Waals surface area contributed by atoms with Gasteiger partial charge in [0.1, 0.15) is 0 Å². The number of hydrogen-bond donors (Lipinski definition) is 1. The zero-order chi connectivity index (χ0) is 22.2. The van der Waals surface area contributed by atoms with Gasteiger partial charge in [-0.1, -0.05) is 12.5 Å². The molecule has 8 heteroatoms. The van der Waals surface area contributed by atoms with E-state index in [0.717, 1.165) is 36.2 Å². The molecule has 0 unspecified atom stereocenters. The summed E-state index contributed by atoms with van der Waals surface area (Å²) in [6, 6.07) is 10.2. The van der Waals surface area contributed by atoms with E-state index in [1.807, 2.05) is 13.8 Å². The molecule has 7 nitrogen and oxygen atoms in total. The summed E-state index contributed by atoms with van der Waals surface area (Å²) in [5.41, 5.74) is 4.58. The van der Waals surface area contributed by atoms with Gasteiger partial charge in [0.05, 0.1) is 27.3 Å². The number of aryl methyl sites for hydroxylation is 3. The number of nitrogens with zero attached hydrogens (tertiary/aromatic N) is 3. The van der Waals surface area contributed by atoms with E-state index in [4.69, 9.17) is 0 Å². The summed E-state index contributed by atoms with van der Waals surface area (Å²) < 4.78 is 27.8. The Labute approximate surface area is 182 Å². The first-order valence-electron chi connectivity index (χ1n) is 10.4. The first-order chi connectivity index (χ1) is 14.8. The van der Waals surface area contributed by atoms with E-state index in [1.54, 1.807) is 43.3 Å². The van der Waals surface area contributed by atoms with Crippen molar-refractivity contribution in [2.45, 2.75) is 44.9 Å². The Hall–Kier alpha value is -2.84. The maximum atomic E-state index is 13.1. The number of carbonyl (C=O) groups is 1. The summed E-state index contributed by atoms with van der Waals surface area (Å²) in [6.07, 6.45) is 2.80. The van der Waals surface area contributed by atoms with E-state index >= 15 is 0 Å². The molecule has 0 aliphatic carbocycles. The molecule has 1 aliphatic rings. The van der Waals surface area contributed by atoms with Crippen LogP contribution in [0.15, 0.2) is 41.3 Å². The maximum absolute atomic E-state index is 13.1. The number of sulfonamides is 1. The highest BCUT2D eigenvalue weighted by Crippen LogP contribution is 2.26. The summed E-state index contributed by atoms with van der Waals surface area (Å²) in [7, 11) is -3.59. The molecule has 0 radical (unpaired) electrons. The van der Waals surface area contributed by atoms with Crippen LogP contribution in [0.25, 0.3) is 11.0 Å². The Kier molecular flexibility index (Phi) is 5.77. The highest BCUT2D eigenvalue weighted by Gasteiger charge is 2.27. The van der Waals surface area contributed by atoms with Crippen molar-refractivity contribution in [3.05, 3.63) is 58.9 Å². The molecule has 0 spiro atoms. The number of aromatic nitrogens is 2. The standard InChI is InChI=1S/C23H26N4O3S/c1-15-7-9-19(14-22(15)31(29,30)27-11-5-4-6-12-27)26-23(28)18-8-10-20-21(13-18)25-17(3)16(2)24-20/h7-10,13-14H,4-6,11-12H2,1-3H3,(H,26,28). The number of anilines is 1.